The Bertz CT molecular complexity index is 1220. The highest BCUT2D eigenvalue weighted by atomic mass is 32.2. The fourth-order valence-electron chi connectivity index (χ4n) is 5.46. The Morgan fingerprint density at radius 1 is 0.974 bits per heavy atom. The number of carbonyl (C=O) groups excluding carboxylic acids is 1. The van der Waals surface area contributed by atoms with E-state index in [1.807, 2.05) is 12.1 Å². The molecule has 5 rings (SSSR count). The number of furan rings is 1. The van der Waals surface area contributed by atoms with Gasteiger partial charge < -0.3 is 25.1 Å². The highest BCUT2D eigenvalue weighted by molar-refractivity contribution is 7.99. The minimum Gasteiger partial charge on any atom is -0.444 e. The molecule has 0 spiro atoms. The summed E-state index contributed by atoms with van der Waals surface area (Å²) in [4.78, 5) is 23.0. The van der Waals surface area contributed by atoms with Gasteiger partial charge in [0.15, 0.2) is 10.9 Å². The number of nitrogens with zero attached hydrogens (tertiary/aromatic N) is 2. The predicted molar refractivity (Wildman–Crippen MR) is 155 cm³/mol. The lowest BCUT2D eigenvalue weighted by Gasteiger charge is -2.29. The van der Waals surface area contributed by atoms with Crippen molar-refractivity contribution in [1.29, 1.82) is 0 Å². The first kappa shape index (κ1) is 27.5. The lowest BCUT2D eigenvalue weighted by Crippen LogP contribution is -2.33. The number of aryl methyl sites for hydroxylation is 2. The molecule has 2 aliphatic rings. The molecule has 208 valence electrons. The Morgan fingerprint density at radius 2 is 1.79 bits per heavy atom. The lowest BCUT2D eigenvalue weighted by atomic mass is 9.81. The van der Waals surface area contributed by atoms with E-state index in [1.54, 1.807) is 24.0 Å². The van der Waals surface area contributed by atoms with Crippen LogP contribution in [0.15, 0.2) is 57.0 Å². The number of hydrogen-bond donors (Lipinski definition) is 3. The third-order valence-corrected chi connectivity index (χ3v) is 8.87. The van der Waals surface area contributed by atoms with E-state index in [1.165, 1.54) is 22.4 Å². The third kappa shape index (κ3) is 7.76. The molecule has 3 aromatic rings. The SMILES string of the molecule is Cc1cccc(C)c1Sc1ccc(C(=O)NCC2CCCC(CNc3nccc(NCC4CCCO4)n3)C2)o1. The molecule has 9 heteroatoms. The normalized spacial score (nSPS) is 21.0. The monoisotopic (exact) mass is 549 g/mol. The van der Waals surface area contributed by atoms with Gasteiger partial charge in [0.05, 0.1) is 6.10 Å². The summed E-state index contributed by atoms with van der Waals surface area (Å²) in [5, 5.41) is 10.6. The Morgan fingerprint density at radius 3 is 2.59 bits per heavy atom. The van der Waals surface area contributed by atoms with Crippen molar-refractivity contribution in [2.24, 2.45) is 11.8 Å². The van der Waals surface area contributed by atoms with E-state index in [2.05, 4.69) is 58.0 Å². The van der Waals surface area contributed by atoms with Gasteiger partial charge in [-0.15, -0.1) is 0 Å². The van der Waals surface area contributed by atoms with Gasteiger partial charge in [-0.3, -0.25) is 4.79 Å². The summed E-state index contributed by atoms with van der Waals surface area (Å²) < 4.78 is 11.6. The van der Waals surface area contributed by atoms with E-state index in [0.717, 1.165) is 62.7 Å². The summed E-state index contributed by atoms with van der Waals surface area (Å²) in [6.45, 7) is 7.30. The van der Waals surface area contributed by atoms with Gasteiger partial charge in [0, 0.05) is 37.3 Å². The van der Waals surface area contributed by atoms with Gasteiger partial charge in [0.1, 0.15) is 5.82 Å². The number of benzene rings is 1. The van der Waals surface area contributed by atoms with Crippen LogP contribution in [0.2, 0.25) is 0 Å². The van der Waals surface area contributed by atoms with E-state index in [0.29, 0.717) is 30.1 Å². The molecule has 1 amide bonds. The smallest absolute Gasteiger partial charge is 0.287 e. The predicted octanol–water partition coefficient (Wildman–Crippen LogP) is 6.08. The number of hydrogen-bond acceptors (Lipinski definition) is 8. The zero-order valence-corrected chi connectivity index (χ0v) is 23.7. The van der Waals surface area contributed by atoms with Crippen molar-refractivity contribution in [3.63, 3.8) is 0 Å². The molecule has 0 radical (unpaired) electrons. The fourth-order valence-corrected chi connectivity index (χ4v) is 6.38. The van der Waals surface area contributed by atoms with E-state index in [9.17, 15) is 4.79 Å². The van der Waals surface area contributed by atoms with Gasteiger partial charge in [-0.05, 0) is 87.1 Å². The second-order valence-corrected chi connectivity index (χ2v) is 11.7. The Kier molecular flexibility index (Phi) is 9.42. The van der Waals surface area contributed by atoms with Crippen molar-refractivity contribution in [1.82, 2.24) is 15.3 Å². The molecule has 8 nitrogen and oxygen atoms in total. The average molecular weight is 550 g/mol. The molecule has 2 aromatic heterocycles. The second-order valence-electron chi connectivity index (χ2n) is 10.7. The number of ether oxygens (including phenoxy) is 1. The molecule has 39 heavy (non-hydrogen) atoms. The molecule has 3 heterocycles. The summed E-state index contributed by atoms with van der Waals surface area (Å²) in [5.41, 5.74) is 2.41. The number of carbonyl (C=O) groups is 1. The summed E-state index contributed by atoms with van der Waals surface area (Å²) in [6.07, 6.45) is 8.81. The maximum absolute atomic E-state index is 12.8. The van der Waals surface area contributed by atoms with Gasteiger partial charge in [0.25, 0.3) is 5.91 Å². The molecule has 1 aliphatic carbocycles. The summed E-state index contributed by atoms with van der Waals surface area (Å²) in [6, 6.07) is 11.8. The first-order valence-corrected chi connectivity index (χ1v) is 14.9. The quantitative estimate of drug-likeness (QED) is 0.265. The zero-order chi connectivity index (χ0) is 27.0. The minimum atomic E-state index is -0.149. The van der Waals surface area contributed by atoms with Gasteiger partial charge in [0.2, 0.25) is 5.95 Å². The Labute approximate surface area is 235 Å². The van der Waals surface area contributed by atoms with Gasteiger partial charge in [-0.2, -0.15) is 4.98 Å². The molecular formula is C30H39N5O3S. The van der Waals surface area contributed by atoms with Crippen LogP contribution in [0.3, 0.4) is 0 Å². The molecule has 2 fully saturated rings. The van der Waals surface area contributed by atoms with Crippen molar-refractivity contribution in [3.8, 4) is 0 Å². The number of amides is 1. The van der Waals surface area contributed by atoms with Gasteiger partial charge in [-0.25, -0.2) is 4.98 Å². The van der Waals surface area contributed by atoms with Crippen LogP contribution in [-0.4, -0.2) is 48.2 Å². The van der Waals surface area contributed by atoms with Crippen molar-refractivity contribution in [3.05, 3.63) is 59.5 Å². The van der Waals surface area contributed by atoms with Crippen LogP contribution in [0.25, 0.3) is 0 Å². The first-order chi connectivity index (χ1) is 19.0. The van der Waals surface area contributed by atoms with E-state index in [4.69, 9.17) is 9.15 Å². The van der Waals surface area contributed by atoms with E-state index < -0.39 is 0 Å². The van der Waals surface area contributed by atoms with Crippen LogP contribution in [0.1, 0.15) is 60.2 Å². The van der Waals surface area contributed by atoms with Crippen molar-refractivity contribution in [2.45, 2.75) is 68.5 Å². The largest absolute Gasteiger partial charge is 0.444 e. The van der Waals surface area contributed by atoms with Crippen molar-refractivity contribution < 1.29 is 13.9 Å². The lowest BCUT2D eigenvalue weighted by molar-refractivity contribution is 0.0907. The Balaban J connectivity index is 1.05. The molecule has 3 N–H and O–H groups in total. The fraction of sp³-hybridized carbons (Fsp3) is 0.500. The minimum absolute atomic E-state index is 0.149. The third-order valence-electron chi connectivity index (χ3n) is 7.60. The highest BCUT2D eigenvalue weighted by Crippen LogP contribution is 2.34. The van der Waals surface area contributed by atoms with Gasteiger partial charge >= 0.3 is 0 Å². The van der Waals surface area contributed by atoms with Crippen LogP contribution in [0.4, 0.5) is 11.8 Å². The van der Waals surface area contributed by atoms with E-state index in [-0.39, 0.29) is 12.0 Å². The van der Waals surface area contributed by atoms with Crippen LogP contribution in [-0.2, 0) is 4.74 Å². The summed E-state index contributed by atoms with van der Waals surface area (Å²) >= 11 is 1.56. The molecule has 3 unspecified atom stereocenters. The van der Waals surface area contributed by atoms with E-state index >= 15 is 0 Å². The van der Waals surface area contributed by atoms with Crippen LogP contribution in [0.5, 0.6) is 0 Å². The number of anilines is 2. The molecule has 3 atom stereocenters. The van der Waals surface area contributed by atoms with Crippen LogP contribution < -0.4 is 16.0 Å². The van der Waals surface area contributed by atoms with Crippen LogP contribution >= 0.6 is 11.8 Å². The number of rotatable bonds is 11. The Hall–Kier alpha value is -3.04. The topological polar surface area (TPSA) is 101 Å². The second kappa shape index (κ2) is 13.3. The number of aromatic nitrogens is 2. The first-order valence-electron chi connectivity index (χ1n) is 14.1. The zero-order valence-electron chi connectivity index (χ0n) is 22.9. The average Bonchev–Trinajstić information content (AvgIpc) is 3.65. The molecule has 0 bridgehead atoms. The standard InChI is InChI=1S/C30H39N5O3S/c1-20-6-3-7-21(2)28(20)39-27-12-11-25(38-27)29(36)33-17-22-8-4-9-23(16-22)18-34-30-31-14-13-26(35-30)32-19-24-10-5-15-37-24/h3,6-7,11-14,22-24H,4-5,8-10,15-19H2,1-2H3,(H,33,36)(H2,31,32,34,35). The molecule has 1 aliphatic heterocycles. The van der Waals surface area contributed by atoms with Crippen LogP contribution in [0, 0.1) is 25.7 Å². The molecular weight excluding hydrogens is 510 g/mol. The highest BCUT2D eigenvalue weighted by Gasteiger charge is 2.23. The summed E-state index contributed by atoms with van der Waals surface area (Å²) in [5.74, 6) is 2.66. The maximum Gasteiger partial charge on any atom is 0.287 e. The number of nitrogens with one attached hydrogen (secondary N) is 3. The molecule has 1 saturated heterocycles. The van der Waals surface area contributed by atoms with Gasteiger partial charge in [-0.1, -0.05) is 36.4 Å². The molecule has 1 aromatic carbocycles. The van der Waals surface area contributed by atoms with Crippen molar-refractivity contribution in [2.75, 3.05) is 36.9 Å². The molecule has 1 saturated carbocycles. The summed E-state index contributed by atoms with van der Waals surface area (Å²) in [7, 11) is 0. The maximum atomic E-state index is 12.8. The van der Waals surface area contributed by atoms with Crippen molar-refractivity contribution >= 4 is 29.4 Å².